The van der Waals surface area contributed by atoms with Gasteiger partial charge in [0.1, 0.15) is 0 Å². The summed E-state index contributed by atoms with van der Waals surface area (Å²) in [5.74, 6) is 0. The fraction of sp³-hybridized carbons (Fsp3) is 0.667. The van der Waals surface area contributed by atoms with Gasteiger partial charge in [0, 0.05) is 24.2 Å². The van der Waals surface area contributed by atoms with Crippen LogP contribution >= 0.6 is 0 Å². The van der Waals surface area contributed by atoms with Crippen LogP contribution in [-0.4, -0.2) is 30.6 Å². The molecule has 1 aliphatic rings. The SMILES string of the molecule is CCN(C1CCNC1)C(C)c1ccoc1. The van der Waals surface area contributed by atoms with Gasteiger partial charge in [-0.1, -0.05) is 6.92 Å². The second-order valence-corrected chi connectivity index (χ2v) is 4.21. The van der Waals surface area contributed by atoms with E-state index in [1.54, 1.807) is 6.26 Å². The van der Waals surface area contributed by atoms with E-state index in [1.807, 2.05) is 6.26 Å². The van der Waals surface area contributed by atoms with E-state index in [1.165, 1.54) is 12.0 Å². The molecule has 0 radical (unpaired) electrons. The van der Waals surface area contributed by atoms with Gasteiger partial charge in [-0.25, -0.2) is 0 Å². The monoisotopic (exact) mass is 208 g/mol. The standard InChI is InChI=1S/C12H20N2O/c1-3-14(12-4-6-13-8-12)10(2)11-5-7-15-9-11/h5,7,9-10,12-13H,3-4,6,8H2,1-2H3. The lowest BCUT2D eigenvalue weighted by Gasteiger charge is -2.32. The van der Waals surface area contributed by atoms with Crippen LogP contribution in [0.2, 0.25) is 0 Å². The maximum Gasteiger partial charge on any atom is 0.0950 e. The number of likely N-dealkylation sites (N-methyl/N-ethyl adjacent to an activating group) is 1. The van der Waals surface area contributed by atoms with Crippen molar-refractivity contribution in [2.45, 2.75) is 32.4 Å². The lowest BCUT2D eigenvalue weighted by atomic mass is 10.1. The zero-order valence-corrected chi connectivity index (χ0v) is 9.57. The van der Waals surface area contributed by atoms with E-state index < -0.39 is 0 Å². The number of rotatable bonds is 4. The lowest BCUT2D eigenvalue weighted by molar-refractivity contribution is 0.162. The normalized spacial score (nSPS) is 23.5. The Morgan fingerprint density at radius 2 is 2.53 bits per heavy atom. The topological polar surface area (TPSA) is 28.4 Å². The Morgan fingerprint density at radius 3 is 3.07 bits per heavy atom. The molecule has 84 valence electrons. The third-order valence-electron chi connectivity index (χ3n) is 3.39. The number of hydrogen-bond donors (Lipinski definition) is 1. The van der Waals surface area contributed by atoms with Gasteiger partial charge in [-0.3, -0.25) is 4.90 Å². The maximum absolute atomic E-state index is 5.15. The van der Waals surface area contributed by atoms with Crippen LogP contribution in [0.5, 0.6) is 0 Å². The summed E-state index contributed by atoms with van der Waals surface area (Å²) < 4.78 is 5.15. The number of furan rings is 1. The van der Waals surface area contributed by atoms with Crippen molar-refractivity contribution in [3.8, 4) is 0 Å². The van der Waals surface area contributed by atoms with Crippen LogP contribution in [0, 0.1) is 0 Å². The highest BCUT2D eigenvalue weighted by molar-refractivity contribution is 5.11. The summed E-state index contributed by atoms with van der Waals surface area (Å²) >= 11 is 0. The Hall–Kier alpha value is -0.800. The molecule has 0 aliphatic carbocycles. The molecule has 1 saturated heterocycles. The smallest absolute Gasteiger partial charge is 0.0950 e. The molecule has 3 heteroatoms. The molecule has 0 aromatic carbocycles. The first-order valence-corrected chi connectivity index (χ1v) is 5.81. The van der Waals surface area contributed by atoms with Gasteiger partial charge in [0.25, 0.3) is 0 Å². The van der Waals surface area contributed by atoms with Crippen LogP contribution in [-0.2, 0) is 0 Å². The van der Waals surface area contributed by atoms with Crippen molar-refractivity contribution in [1.29, 1.82) is 0 Å². The molecule has 1 aliphatic heterocycles. The minimum Gasteiger partial charge on any atom is -0.472 e. The van der Waals surface area contributed by atoms with Crippen LogP contribution in [0.1, 0.15) is 31.9 Å². The number of nitrogens with one attached hydrogen (secondary N) is 1. The first kappa shape index (κ1) is 10.7. The molecular weight excluding hydrogens is 188 g/mol. The van der Waals surface area contributed by atoms with Gasteiger partial charge >= 0.3 is 0 Å². The summed E-state index contributed by atoms with van der Waals surface area (Å²) in [6, 6.07) is 3.20. The fourth-order valence-electron chi connectivity index (χ4n) is 2.47. The summed E-state index contributed by atoms with van der Waals surface area (Å²) in [6.07, 6.45) is 4.87. The summed E-state index contributed by atoms with van der Waals surface area (Å²) in [7, 11) is 0. The largest absolute Gasteiger partial charge is 0.472 e. The van der Waals surface area contributed by atoms with Crippen molar-refractivity contribution in [3.05, 3.63) is 24.2 Å². The molecule has 1 N–H and O–H groups in total. The predicted octanol–water partition coefficient (Wildman–Crippen LogP) is 2.02. The molecule has 3 nitrogen and oxygen atoms in total. The third-order valence-corrected chi connectivity index (χ3v) is 3.39. The van der Waals surface area contributed by atoms with Gasteiger partial charge in [-0.15, -0.1) is 0 Å². The number of nitrogens with zero attached hydrogens (tertiary/aromatic N) is 1. The van der Waals surface area contributed by atoms with Gasteiger partial charge in [0.2, 0.25) is 0 Å². The Labute approximate surface area is 91.4 Å². The summed E-state index contributed by atoms with van der Waals surface area (Å²) in [4.78, 5) is 2.55. The Bertz CT molecular complexity index is 278. The molecule has 1 aromatic rings. The molecular formula is C12H20N2O. The van der Waals surface area contributed by atoms with E-state index in [0.717, 1.165) is 19.6 Å². The number of hydrogen-bond acceptors (Lipinski definition) is 3. The average Bonchev–Trinajstić information content (AvgIpc) is 2.91. The molecule has 2 rings (SSSR count). The van der Waals surface area contributed by atoms with E-state index in [-0.39, 0.29) is 0 Å². The highest BCUT2D eigenvalue weighted by atomic mass is 16.3. The quantitative estimate of drug-likeness (QED) is 0.820. The van der Waals surface area contributed by atoms with E-state index in [4.69, 9.17) is 4.42 Å². The van der Waals surface area contributed by atoms with Crippen LogP contribution in [0.3, 0.4) is 0 Å². The van der Waals surface area contributed by atoms with Crippen molar-refractivity contribution in [2.75, 3.05) is 19.6 Å². The van der Waals surface area contributed by atoms with Crippen molar-refractivity contribution in [3.63, 3.8) is 0 Å². The average molecular weight is 208 g/mol. The third kappa shape index (κ3) is 2.24. The van der Waals surface area contributed by atoms with Crippen LogP contribution < -0.4 is 5.32 Å². The van der Waals surface area contributed by atoms with Gasteiger partial charge in [-0.2, -0.15) is 0 Å². The van der Waals surface area contributed by atoms with Crippen LogP contribution in [0.4, 0.5) is 0 Å². The molecule has 0 bridgehead atoms. The fourth-order valence-corrected chi connectivity index (χ4v) is 2.47. The van der Waals surface area contributed by atoms with Gasteiger partial charge < -0.3 is 9.73 Å². The highest BCUT2D eigenvalue weighted by Gasteiger charge is 2.25. The highest BCUT2D eigenvalue weighted by Crippen LogP contribution is 2.24. The molecule has 0 amide bonds. The molecule has 0 spiro atoms. The maximum atomic E-state index is 5.15. The second-order valence-electron chi connectivity index (χ2n) is 4.21. The summed E-state index contributed by atoms with van der Waals surface area (Å²) in [6.45, 7) is 7.86. The minimum absolute atomic E-state index is 0.457. The van der Waals surface area contributed by atoms with Crippen molar-refractivity contribution in [1.82, 2.24) is 10.2 Å². The predicted molar refractivity (Wildman–Crippen MR) is 60.8 cm³/mol. The first-order chi connectivity index (χ1) is 7.33. The van der Waals surface area contributed by atoms with E-state index in [2.05, 4.69) is 30.1 Å². The van der Waals surface area contributed by atoms with Crippen LogP contribution in [0.25, 0.3) is 0 Å². The van der Waals surface area contributed by atoms with E-state index >= 15 is 0 Å². The molecule has 1 fully saturated rings. The zero-order valence-electron chi connectivity index (χ0n) is 9.57. The van der Waals surface area contributed by atoms with Crippen LogP contribution in [0.15, 0.2) is 23.0 Å². The zero-order chi connectivity index (χ0) is 10.7. The Kier molecular flexibility index (Phi) is 3.44. The van der Waals surface area contributed by atoms with E-state index in [9.17, 15) is 0 Å². The first-order valence-electron chi connectivity index (χ1n) is 5.81. The van der Waals surface area contributed by atoms with Crippen molar-refractivity contribution >= 4 is 0 Å². The molecule has 15 heavy (non-hydrogen) atoms. The van der Waals surface area contributed by atoms with Crippen molar-refractivity contribution in [2.24, 2.45) is 0 Å². The molecule has 2 unspecified atom stereocenters. The lowest BCUT2D eigenvalue weighted by Crippen LogP contribution is -2.38. The molecule has 1 aromatic heterocycles. The molecule has 2 atom stereocenters. The van der Waals surface area contributed by atoms with Gasteiger partial charge in [0.05, 0.1) is 12.5 Å². The Balaban J connectivity index is 2.05. The Morgan fingerprint density at radius 1 is 1.67 bits per heavy atom. The summed E-state index contributed by atoms with van der Waals surface area (Å²) in [5.41, 5.74) is 1.28. The molecule has 2 heterocycles. The van der Waals surface area contributed by atoms with Gasteiger partial charge in [0.15, 0.2) is 0 Å². The molecule has 0 saturated carbocycles. The van der Waals surface area contributed by atoms with E-state index in [0.29, 0.717) is 12.1 Å². The minimum atomic E-state index is 0.457. The second kappa shape index (κ2) is 4.81. The van der Waals surface area contributed by atoms with Crippen molar-refractivity contribution < 1.29 is 4.42 Å². The summed E-state index contributed by atoms with van der Waals surface area (Å²) in [5, 5.41) is 3.42. The van der Waals surface area contributed by atoms with Gasteiger partial charge in [-0.05, 0) is 32.5 Å².